The van der Waals surface area contributed by atoms with Crippen LogP contribution in [0.4, 0.5) is 0 Å². The number of pyridine rings is 1. The van der Waals surface area contributed by atoms with Gasteiger partial charge in [-0.25, -0.2) is 0 Å². The van der Waals surface area contributed by atoms with E-state index >= 15 is 0 Å². The number of carbonyl (C=O) groups is 1. The van der Waals surface area contributed by atoms with Crippen LogP contribution in [0.2, 0.25) is 0 Å². The summed E-state index contributed by atoms with van der Waals surface area (Å²) in [5.74, 6) is 0.0175. The monoisotopic (exact) mass is 355 g/mol. The summed E-state index contributed by atoms with van der Waals surface area (Å²) < 4.78 is 0.819. The lowest BCUT2D eigenvalue weighted by atomic mass is 10.1. The first kappa shape index (κ1) is 17.6. The van der Waals surface area contributed by atoms with Crippen molar-refractivity contribution < 1.29 is 4.79 Å². The fraction of sp³-hybridized carbons (Fsp3) is 0.455. The molecule has 1 amide bonds. The maximum Gasteiger partial charge on any atom is 0.255 e. The molecule has 0 aliphatic carbocycles. The molecule has 2 rings (SSSR count). The zero-order valence-corrected chi connectivity index (χ0v) is 12.9. The van der Waals surface area contributed by atoms with Crippen LogP contribution in [0.15, 0.2) is 22.9 Å². The molecule has 1 aliphatic rings. The minimum Gasteiger partial charge on any atom is -0.337 e. The summed E-state index contributed by atoms with van der Waals surface area (Å²) in [7, 11) is 0. The molecule has 1 saturated heterocycles. The second kappa shape index (κ2) is 7.94. The van der Waals surface area contributed by atoms with Crippen molar-refractivity contribution in [2.24, 2.45) is 5.73 Å². The average Bonchev–Trinajstić information content (AvgIpc) is 2.28. The van der Waals surface area contributed by atoms with Crippen LogP contribution in [0.1, 0.15) is 23.2 Å². The van der Waals surface area contributed by atoms with Crippen LogP contribution in [0.25, 0.3) is 0 Å². The molecule has 0 saturated carbocycles. The lowest BCUT2D eigenvalue weighted by Crippen LogP contribution is -2.45. The SMILES string of the molecule is Cl.Cl.N[C@@H]1CCCN(C(=O)c2cncc(Br)c2)C1. The second-order valence-corrected chi connectivity index (χ2v) is 4.96. The smallest absolute Gasteiger partial charge is 0.255 e. The Morgan fingerprint density at radius 1 is 1.44 bits per heavy atom. The number of nitrogens with two attached hydrogens (primary N) is 1. The number of hydrogen-bond acceptors (Lipinski definition) is 3. The van der Waals surface area contributed by atoms with Crippen molar-refractivity contribution in [2.45, 2.75) is 18.9 Å². The van der Waals surface area contributed by atoms with Gasteiger partial charge in [-0.05, 0) is 34.8 Å². The molecular formula is C11H16BrCl2N3O. The van der Waals surface area contributed by atoms with Crippen LogP contribution in [-0.2, 0) is 0 Å². The maximum atomic E-state index is 12.1. The van der Waals surface area contributed by atoms with E-state index in [9.17, 15) is 4.79 Å². The predicted molar refractivity (Wildman–Crippen MR) is 79.5 cm³/mol. The van der Waals surface area contributed by atoms with Crippen LogP contribution in [0.3, 0.4) is 0 Å². The average molecular weight is 357 g/mol. The minimum absolute atomic E-state index is 0. The van der Waals surface area contributed by atoms with Crippen molar-refractivity contribution >= 4 is 46.7 Å². The van der Waals surface area contributed by atoms with E-state index in [-0.39, 0.29) is 36.8 Å². The number of piperidine rings is 1. The van der Waals surface area contributed by atoms with Crippen molar-refractivity contribution in [1.82, 2.24) is 9.88 Å². The van der Waals surface area contributed by atoms with Gasteiger partial charge in [-0.3, -0.25) is 9.78 Å². The summed E-state index contributed by atoms with van der Waals surface area (Å²) in [4.78, 5) is 17.9. The fourth-order valence-electron chi connectivity index (χ4n) is 1.91. The van der Waals surface area contributed by atoms with E-state index in [1.165, 1.54) is 0 Å². The van der Waals surface area contributed by atoms with Gasteiger partial charge in [0.05, 0.1) is 5.56 Å². The van der Waals surface area contributed by atoms with Gasteiger partial charge in [0.2, 0.25) is 0 Å². The Kier molecular flexibility index (Phi) is 7.78. The predicted octanol–water partition coefficient (Wildman–Crippen LogP) is 2.25. The largest absolute Gasteiger partial charge is 0.337 e. The van der Waals surface area contributed by atoms with E-state index in [0.29, 0.717) is 12.1 Å². The van der Waals surface area contributed by atoms with Gasteiger partial charge >= 0.3 is 0 Å². The molecule has 2 N–H and O–H groups in total. The van der Waals surface area contributed by atoms with Gasteiger partial charge in [0.25, 0.3) is 5.91 Å². The van der Waals surface area contributed by atoms with E-state index < -0.39 is 0 Å². The first-order valence-corrected chi connectivity index (χ1v) is 6.11. The summed E-state index contributed by atoms with van der Waals surface area (Å²) in [6.07, 6.45) is 5.24. The summed E-state index contributed by atoms with van der Waals surface area (Å²) in [5.41, 5.74) is 6.47. The molecule has 7 heteroatoms. The Balaban J connectivity index is 0.00000144. The van der Waals surface area contributed by atoms with E-state index in [1.54, 1.807) is 23.4 Å². The third-order valence-corrected chi connectivity index (χ3v) is 3.13. The first-order valence-electron chi connectivity index (χ1n) is 5.32. The molecule has 1 atom stereocenters. The van der Waals surface area contributed by atoms with Crippen molar-refractivity contribution in [3.8, 4) is 0 Å². The highest BCUT2D eigenvalue weighted by Crippen LogP contribution is 2.15. The molecule has 4 nitrogen and oxygen atoms in total. The molecule has 1 aromatic heterocycles. The number of carbonyl (C=O) groups excluding carboxylic acids is 1. The van der Waals surface area contributed by atoms with Gasteiger partial charge in [-0.1, -0.05) is 0 Å². The molecule has 2 heterocycles. The van der Waals surface area contributed by atoms with Crippen LogP contribution in [0, 0.1) is 0 Å². The zero-order valence-electron chi connectivity index (χ0n) is 9.71. The highest BCUT2D eigenvalue weighted by Gasteiger charge is 2.22. The normalized spacial score (nSPS) is 18.6. The number of amides is 1. The molecular weight excluding hydrogens is 341 g/mol. The lowest BCUT2D eigenvalue weighted by molar-refractivity contribution is 0.0708. The van der Waals surface area contributed by atoms with Gasteiger partial charge in [0.15, 0.2) is 0 Å². The standard InChI is InChI=1S/C11H14BrN3O.2ClH/c12-9-4-8(5-14-6-9)11(16)15-3-1-2-10(13)7-15;;/h4-6,10H,1-3,7,13H2;2*1H/t10-;;/m1../s1. The molecule has 1 aromatic rings. The van der Waals surface area contributed by atoms with Gasteiger partial charge in [0.1, 0.15) is 0 Å². The van der Waals surface area contributed by atoms with Crippen molar-refractivity contribution in [3.05, 3.63) is 28.5 Å². The molecule has 102 valence electrons. The molecule has 0 aromatic carbocycles. The topological polar surface area (TPSA) is 59.2 Å². The lowest BCUT2D eigenvalue weighted by Gasteiger charge is -2.30. The van der Waals surface area contributed by atoms with Gasteiger partial charge in [-0.2, -0.15) is 0 Å². The molecule has 1 fully saturated rings. The number of likely N-dealkylation sites (tertiary alicyclic amines) is 1. The summed E-state index contributed by atoms with van der Waals surface area (Å²) in [5, 5.41) is 0. The van der Waals surface area contributed by atoms with Crippen LogP contribution >= 0.6 is 40.7 Å². The van der Waals surface area contributed by atoms with Crippen molar-refractivity contribution in [1.29, 1.82) is 0 Å². The Hall–Kier alpha value is -0.360. The first-order chi connectivity index (χ1) is 7.66. The molecule has 18 heavy (non-hydrogen) atoms. The molecule has 0 unspecified atom stereocenters. The number of rotatable bonds is 1. The molecule has 0 spiro atoms. The third kappa shape index (κ3) is 4.39. The minimum atomic E-state index is 0. The number of halogens is 3. The number of hydrogen-bond donors (Lipinski definition) is 1. The van der Waals surface area contributed by atoms with Crippen LogP contribution in [0.5, 0.6) is 0 Å². The van der Waals surface area contributed by atoms with Crippen molar-refractivity contribution in [3.63, 3.8) is 0 Å². The van der Waals surface area contributed by atoms with Gasteiger partial charge in [0, 0.05) is 36.0 Å². The van der Waals surface area contributed by atoms with Gasteiger partial charge < -0.3 is 10.6 Å². The summed E-state index contributed by atoms with van der Waals surface area (Å²) in [6, 6.07) is 1.90. The van der Waals surface area contributed by atoms with E-state index in [0.717, 1.165) is 23.9 Å². The maximum absolute atomic E-state index is 12.1. The Bertz CT molecular complexity index is 406. The molecule has 1 aliphatic heterocycles. The van der Waals surface area contributed by atoms with Gasteiger partial charge in [-0.15, -0.1) is 24.8 Å². The highest BCUT2D eigenvalue weighted by atomic mass is 79.9. The summed E-state index contributed by atoms with van der Waals surface area (Å²) in [6.45, 7) is 1.43. The highest BCUT2D eigenvalue weighted by molar-refractivity contribution is 9.10. The van der Waals surface area contributed by atoms with Crippen molar-refractivity contribution in [2.75, 3.05) is 13.1 Å². The van der Waals surface area contributed by atoms with Crippen LogP contribution in [-0.4, -0.2) is 34.9 Å². The fourth-order valence-corrected chi connectivity index (χ4v) is 2.27. The molecule has 0 radical (unpaired) electrons. The van der Waals surface area contributed by atoms with E-state index in [2.05, 4.69) is 20.9 Å². The Morgan fingerprint density at radius 2 is 2.17 bits per heavy atom. The number of aromatic nitrogens is 1. The summed E-state index contributed by atoms with van der Waals surface area (Å²) >= 11 is 3.31. The van der Waals surface area contributed by atoms with Crippen LogP contribution < -0.4 is 5.73 Å². The zero-order chi connectivity index (χ0) is 11.5. The molecule has 0 bridgehead atoms. The Labute approximate surface area is 127 Å². The van der Waals surface area contributed by atoms with E-state index in [1.807, 2.05) is 0 Å². The van der Waals surface area contributed by atoms with E-state index in [4.69, 9.17) is 5.73 Å². The Morgan fingerprint density at radius 3 is 2.78 bits per heavy atom. The quantitative estimate of drug-likeness (QED) is 0.839. The second-order valence-electron chi connectivity index (χ2n) is 4.05. The number of nitrogens with zero attached hydrogens (tertiary/aromatic N) is 2. The third-order valence-electron chi connectivity index (χ3n) is 2.70.